The Labute approximate surface area is 102 Å². The molecule has 0 amide bonds. The van der Waals surface area contributed by atoms with Crippen molar-refractivity contribution in [2.24, 2.45) is 5.92 Å². The molecular formula is C8H11Cl3O4. The van der Waals surface area contributed by atoms with Crippen LogP contribution in [-0.2, 0) is 9.59 Å². The van der Waals surface area contributed by atoms with Gasteiger partial charge in [-0.2, -0.15) is 0 Å². The maximum Gasteiger partial charge on any atom is 0.306 e. The first-order valence-electron chi connectivity index (χ1n) is 4.23. The summed E-state index contributed by atoms with van der Waals surface area (Å²) in [4.78, 5) is 20.9. The number of carboxylic acid groups (broad SMARTS) is 2. The lowest BCUT2D eigenvalue weighted by Crippen LogP contribution is -2.20. The number of carboxylic acids is 2. The second-order valence-corrected chi connectivity index (χ2v) is 5.66. The largest absolute Gasteiger partial charge is 0.481 e. The zero-order valence-corrected chi connectivity index (χ0v) is 10.0. The number of aliphatic carboxylic acids is 2. The highest BCUT2D eigenvalue weighted by Crippen LogP contribution is 2.35. The molecule has 0 spiro atoms. The van der Waals surface area contributed by atoms with Gasteiger partial charge in [-0.3, -0.25) is 9.59 Å². The monoisotopic (exact) mass is 276 g/mol. The van der Waals surface area contributed by atoms with Crippen LogP contribution in [0.1, 0.15) is 25.7 Å². The van der Waals surface area contributed by atoms with Gasteiger partial charge in [-0.05, 0) is 12.8 Å². The summed E-state index contributed by atoms with van der Waals surface area (Å²) in [5, 5.41) is 17.2. The molecule has 0 heterocycles. The predicted octanol–water partition coefficient (Wildman–Crippen LogP) is 2.70. The van der Waals surface area contributed by atoms with Crippen LogP contribution < -0.4 is 0 Å². The highest BCUT2D eigenvalue weighted by molar-refractivity contribution is 6.67. The van der Waals surface area contributed by atoms with E-state index in [1.165, 1.54) is 0 Å². The minimum Gasteiger partial charge on any atom is -0.481 e. The molecule has 88 valence electrons. The fourth-order valence-electron chi connectivity index (χ4n) is 1.09. The van der Waals surface area contributed by atoms with Crippen LogP contribution in [0, 0.1) is 5.92 Å². The van der Waals surface area contributed by atoms with Crippen LogP contribution >= 0.6 is 34.8 Å². The van der Waals surface area contributed by atoms with Gasteiger partial charge in [0.05, 0.1) is 5.92 Å². The third-order valence-corrected chi connectivity index (χ3v) is 2.23. The van der Waals surface area contributed by atoms with Crippen LogP contribution in [0.4, 0.5) is 0 Å². The Hall–Kier alpha value is -0.190. The Kier molecular flexibility index (Phi) is 6.32. The van der Waals surface area contributed by atoms with E-state index in [4.69, 9.17) is 45.0 Å². The van der Waals surface area contributed by atoms with E-state index < -0.39 is 21.6 Å². The average Bonchev–Trinajstić information content (AvgIpc) is 1.99. The van der Waals surface area contributed by atoms with E-state index >= 15 is 0 Å². The molecule has 0 aromatic rings. The van der Waals surface area contributed by atoms with Gasteiger partial charge < -0.3 is 10.2 Å². The molecule has 15 heavy (non-hydrogen) atoms. The maximum atomic E-state index is 10.7. The fraction of sp³-hybridized carbons (Fsp3) is 0.750. The molecule has 0 aliphatic rings. The van der Waals surface area contributed by atoms with Crippen LogP contribution in [0.25, 0.3) is 0 Å². The standard InChI is InChI=1S/C8H11Cl3O4/c9-8(10,11)4-5(7(14)15)2-1-3-6(12)13/h5H,1-4H2,(H,12,13)(H,14,15). The average molecular weight is 278 g/mol. The Bertz CT molecular complexity index is 237. The molecule has 0 radical (unpaired) electrons. The molecule has 0 bridgehead atoms. The van der Waals surface area contributed by atoms with Gasteiger partial charge in [0.2, 0.25) is 0 Å². The highest BCUT2D eigenvalue weighted by atomic mass is 35.6. The van der Waals surface area contributed by atoms with Crippen molar-refractivity contribution in [1.29, 1.82) is 0 Å². The molecule has 0 saturated heterocycles. The number of rotatable bonds is 6. The molecule has 0 aliphatic carbocycles. The summed E-state index contributed by atoms with van der Waals surface area (Å²) in [6, 6.07) is 0. The number of alkyl halides is 3. The summed E-state index contributed by atoms with van der Waals surface area (Å²) in [6.45, 7) is 0. The zero-order valence-electron chi connectivity index (χ0n) is 7.75. The SMILES string of the molecule is O=C(O)CCCC(CC(Cl)(Cl)Cl)C(=O)O. The summed E-state index contributed by atoms with van der Waals surface area (Å²) >= 11 is 16.4. The van der Waals surface area contributed by atoms with Crippen molar-refractivity contribution >= 4 is 46.7 Å². The maximum absolute atomic E-state index is 10.7. The summed E-state index contributed by atoms with van der Waals surface area (Å²) in [7, 11) is 0. The van der Waals surface area contributed by atoms with Crippen LogP contribution in [0.2, 0.25) is 0 Å². The lowest BCUT2D eigenvalue weighted by molar-refractivity contribution is -0.143. The van der Waals surface area contributed by atoms with Crippen LogP contribution in [0.3, 0.4) is 0 Å². The number of halogens is 3. The van der Waals surface area contributed by atoms with Crippen molar-refractivity contribution in [3.8, 4) is 0 Å². The molecule has 1 atom stereocenters. The minimum atomic E-state index is -1.62. The van der Waals surface area contributed by atoms with Crippen molar-refractivity contribution in [3.63, 3.8) is 0 Å². The molecule has 0 rings (SSSR count). The lowest BCUT2D eigenvalue weighted by atomic mass is 9.99. The zero-order chi connectivity index (χ0) is 12.1. The summed E-state index contributed by atoms with van der Waals surface area (Å²) < 4.78 is -1.62. The lowest BCUT2D eigenvalue weighted by Gasteiger charge is -2.16. The molecule has 0 aromatic carbocycles. The van der Waals surface area contributed by atoms with E-state index in [2.05, 4.69) is 0 Å². The van der Waals surface area contributed by atoms with Gasteiger partial charge >= 0.3 is 11.9 Å². The third-order valence-electron chi connectivity index (χ3n) is 1.77. The van der Waals surface area contributed by atoms with Crippen molar-refractivity contribution in [1.82, 2.24) is 0 Å². The van der Waals surface area contributed by atoms with E-state index in [0.717, 1.165) is 0 Å². The number of carbonyl (C=O) groups is 2. The highest BCUT2D eigenvalue weighted by Gasteiger charge is 2.29. The van der Waals surface area contributed by atoms with Crippen LogP contribution in [-0.4, -0.2) is 25.9 Å². The second-order valence-electron chi connectivity index (χ2n) is 3.14. The van der Waals surface area contributed by atoms with E-state index in [1.54, 1.807) is 0 Å². The molecule has 0 aromatic heterocycles. The van der Waals surface area contributed by atoms with Gasteiger partial charge in [-0.1, -0.05) is 34.8 Å². The Morgan fingerprint density at radius 3 is 2.07 bits per heavy atom. The van der Waals surface area contributed by atoms with Gasteiger partial charge in [0.15, 0.2) is 3.79 Å². The van der Waals surface area contributed by atoms with E-state index in [9.17, 15) is 9.59 Å². The molecule has 4 nitrogen and oxygen atoms in total. The Morgan fingerprint density at radius 1 is 1.20 bits per heavy atom. The van der Waals surface area contributed by atoms with Gasteiger partial charge in [-0.25, -0.2) is 0 Å². The smallest absolute Gasteiger partial charge is 0.306 e. The molecule has 2 N–H and O–H groups in total. The van der Waals surface area contributed by atoms with Crippen molar-refractivity contribution < 1.29 is 19.8 Å². The molecule has 0 saturated carbocycles. The molecule has 7 heteroatoms. The first kappa shape index (κ1) is 14.8. The third kappa shape index (κ3) is 8.78. The predicted molar refractivity (Wildman–Crippen MR) is 57.5 cm³/mol. The van der Waals surface area contributed by atoms with Crippen LogP contribution in [0.5, 0.6) is 0 Å². The number of hydrogen-bond acceptors (Lipinski definition) is 2. The van der Waals surface area contributed by atoms with E-state index in [-0.39, 0.29) is 25.7 Å². The van der Waals surface area contributed by atoms with Crippen molar-refractivity contribution in [2.45, 2.75) is 29.5 Å². The van der Waals surface area contributed by atoms with Gasteiger partial charge in [-0.15, -0.1) is 0 Å². The van der Waals surface area contributed by atoms with Gasteiger partial charge in [0, 0.05) is 12.8 Å². The first-order chi connectivity index (χ1) is 6.72. The van der Waals surface area contributed by atoms with E-state index in [1.807, 2.05) is 0 Å². The molecule has 0 fully saturated rings. The summed E-state index contributed by atoms with van der Waals surface area (Å²) in [5.74, 6) is -2.86. The van der Waals surface area contributed by atoms with E-state index in [0.29, 0.717) is 0 Å². The Balaban J connectivity index is 4.06. The quantitative estimate of drug-likeness (QED) is 0.732. The van der Waals surface area contributed by atoms with Gasteiger partial charge in [0.25, 0.3) is 0 Å². The van der Waals surface area contributed by atoms with Gasteiger partial charge in [0.1, 0.15) is 0 Å². The second kappa shape index (κ2) is 6.40. The molecular weight excluding hydrogens is 266 g/mol. The van der Waals surface area contributed by atoms with Crippen molar-refractivity contribution in [3.05, 3.63) is 0 Å². The first-order valence-corrected chi connectivity index (χ1v) is 5.37. The topological polar surface area (TPSA) is 74.6 Å². The summed E-state index contributed by atoms with van der Waals surface area (Å²) in [5.41, 5.74) is 0. The summed E-state index contributed by atoms with van der Waals surface area (Å²) in [6.07, 6.45) is 0.249. The molecule has 1 unspecified atom stereocenters. The fourth-order valence-corrected chi connectivity index (χ4v) is 1.65. The van der Waals surface area contributed by atoms with Crippen molar-refractivity contribution in [2.75, 3.05) is 0 Å². The Morgan fingerprint density at radius 2 is 1.73 bits per heavy atom. The normalized spacial score (nSPS) is 13.5. The number of hydrogen-bond donors (Lipinski definition) is 2. The van der Waals surface area contributed by atoms with Crippen LogP contribution in [0.15, 0.2) is 0 Å². The molecule has 0 aliphatic heterocycles. The minimum absolute atomic E-state index is 0.0797.